The fraction of sp³-hybridized carbons (Fsp3) is 0.500. The van der Waals surface area contributed by atoms with Crippen LogP contribution in [0.5, 0.6) is 0 Å². The van der Waals surface area contributed by atoms with Crippen LogP contribution < -0.4 is 10.9 Å². The van der Waals surface area contributed by atoms with Crippen LogP contribution in [0.4, 0.5) is 0 Å². The lowest BCUT2D eigenvalue weighted by Crippen LogP contribution is -2.26. The molecule has 3 rings (SSSR count). The number of aromatic nitrogens is 2. The van der Waals surface area contributed by atoms with Gasteiger partial charge in [0.25, 0.3) is 5.56 Å². The third-order valence-electron chi connectivity index (χ3n) is 4.22. The van der Waals surface area contributed by atoms with Gasteiger partial charge >= 0.3 is 0 Å². The van der Waals surface area contributed by atoms with Gasteiger partial charge in [0.05, 0.1) is 17.4 Å². The fourth-order valence-corrected chi connectivity index (χ4v) is 3.15. The van der Waals surface area contributed by atoms with E-state index in [1.165, 1.54) is 6.42 Å². The van der Waals surface area contributed by atoms with Gasteiger partial charge in [-0.25, -0.2) is 4.98 Å². The summed E-state index contributed by atoms with van der Waals surface area (Å²) in [4.78, 5) is 22.1. The van der Waals surface area contributed by atoms with E-state index in [1.54, 1.807) is 0 Å². The molecule has 1 fully saturated rings. The summed E-state index contributed by atoms with van der Waals surface area (Å²) in [5, 5.41) is 3.91. The van der Waals surface area contributed by atoms with Gasteiger partial charge in [-0.1, -0.05) is 12.1 Å². The second-order valence-corrected chi connectivity index (χ2v) is 5.93. The molecule has 21 heavy (non-hydrogen) atoms. The SMILES string of the molecule is CNCC1CCN(Cc2nc3c(C)cccc3c(=O)[nH]2)C1. The molecule has 1 aliphatic heterocycles. The zero-order chi connectivity index (χ0) is 14.8. The number of likely N-dealkylation sites (tertiary alicyclic amines) is 1. The maximum atomic E-state index is 12.2. The minimum atomic E-state index is -0.0373. The van der Waals surface area contributed by atoms with Crippen LogP contribution in [0.15, 0.2) is 23.0 Å². The molecule has 0 saturated carbocycles. The quantitative estimate of drug-likeness (QED) is 0.888. The summed E-state index contributed by atoms with van der Waals surface area (Å²) in [6.45, 7) is 5.91. The van der Waals surface area contributed by atoms with Crippen LogP contribution in [0, 0.1) is 12.8 Å². The van der Waals surface area contributed by atoms with Gasteiger partial charge < -0.3 is 10.3 Å². The van der Waals surface area contributed by atoms with Gasteiger partial charge in [-0.3, -0.25) is 9.69 Å². The highest BCUT2D eigenvalue weighted by atomic mass is 16.1. The van der Waals surface area contributed by atoms with Crippen molar-refractivity contribution in [3.8, 4) is 0 Å². The molecule has 2 heterocycles. The van der Waals surface area contributed by atoms with E-state index in [4.69, 9.17) is 0 Å². The Morgan fingerprint density at radius 3 is 3.14 bits per heavy atom. The van der Waals surface area contributed by atoms with Crippen molar-refractivity contribution in [3.05, 3.63) is 39.9 Å². The molecule has 0 amide bonds. The van der Waals surface area contributed by atoms with E-state index in [0.29, 0.717) is 11.3 Å². The second kappa shape index (κ2) is 5.95. The number of H-pyrrole nitrogens is 1. The second-order valence-electron chi connectivity index (χ2n) is 5.93. The lowest BCUT2D eigenvalue weighted by molar-refractivity contribution is 0.307. The van der Waals surface area contributed by atoms with Gasteiger partial charge in [-0.05, 0) is 51.0 Å². The average Bonchev–Trinajstić information content (AvgIpc) is 2.88. The Kier molecular flexibility index (Phi) is 4.03. The van der Waals surface area contributed by atoms with Gasteiger partial charge in [0.2, 0.25) is 0 Å². The first-order valence-electron chi connectivity index (χ1n) is 7.53. The molecule has 1 aromatic carbocycles. The Labute approximate surface area is 124 Å². The maximum absolute atomic E-state index is 12.2. The van der Waals surface area contributed by atoms with Crippen molar-refractivity contribution in [1.82, 2.24) is 20.2 Å². The molecule has 1 aliphatic rings. The zero-order valence-electron chi connectivity index (χ0n) is 12.6. The molecule has 0 radical (unpaired) electrons. The molecule has 0 aliphatic carbocycles. The highest BCUT2D eigenvalue weighted by Crippen LogP contribution is 2.18. The Morgan fingerprint density at radius 1 is 1.48 bits per heavy atom. The number of aryl methyl sites for hydroxylation is 1. The molecule has 112 valence electrons. The largest absolute Gasteiger partial charge is 0.319 e. The van der Waals surface area contributed by atoms with Crippen LogP contribution in [0.1, 0.15) is 17.8 Å². The standard InChI is InChI=1S/C16H22N4O/c1-11-4-3-5-13-15(11)18-14(19-16(13)21)10-20-7-6-12(9-20)8-17-2/h3-5,12,17H,6-10H2,1-2H3,(H,18,19,21). The maximum Gasteiger partial charge on any atom is 0.258 e. The number of rotatable bonds is 4. The highest BCUT2D eigenvalue weighted by molar-refractivity contribution is 5.80. The van der Waals surface area contributed by atoms with E-state index >= 15 is 0 Å². The molecule has 0 spiro atoms. The number of hydrogen-bond donors (Lipinski definition) is 2. The summed E-state index contributed by atoms with van der Waals surface area (Å²) in [6.07, 6.45) is 1.21. The minimum absolute atomic E-state index is 0.0373. The minimum Gasteiger partial charge on any atom is -0.319 e. The molecule has 5 heteroatoms. The van der Waals surface area contributed by atoms with Crippen molar-refractivity contribution in [3.63, 3.8) is 0 Å². The molecule has 1 atom stereocenters. The van der Waals surface area contributed by atoms with Crippen LogP contribution in [-0.2, 0) is 6.54 Å². The van der Waals surface area contributed by atoms with Gasteiger partial charge in [-0.15, -0.1) is 0 Å². The van der Waals surface area contributed by atoms with E-state index in [0.717, 1.165) is 43.1 Å². The predicted molar refractivity (Wildman–Crippen MR) is 84.4 cm³/mol. The molecule has 5 nitrogen and oxygen atoms in total. The van der Waals surface area contributed by atoms with Crippen molar-refractivity contribution in [2.45, 2.75) is 19.9 Å². The highest BCUT2D eigenvalue weighted by Gasteiger charge is 2.22. The van der Waals surface area contributed by atoms with Crippen molar-refractivity contribution < 1.29 is 0 Å². The first-order chi connectivity index (χ1) is 10.2. The first kappa shape index (κ1) is 14.2. The Morgan fingerprint density at radius 2 is 2.33 bits per heavy atom. The summed E-state index contributed by atoms with van der Waals surface area (Å²) >= 11 is 0. The van der Waals surface area contributed by atoms with Gasteiger partial charge in [0.15, 0.2) is 0 Å². The van der Waals surface area contributed by atoms with Gasteiger partial charge in [0.1, 0.15) is 5.82 Å². The smallest absolute Gasteiger partial charge is 0.258 e. The summed E-state index contributed by atoms with van der Waals surface area (Å²) in [6, 6.07) is 5.73. The van der Waals surface area contributed by atoms with Crippen molar-refractivity contribution in [2.75, 3.05) is 26.7 Å². The first-order valence-corrected chi connectivity index (χ1v) is 7.53. The fourth-order valence-electron chi connectivity index (χ4n) is 3.15. The lowest BCUT2D eigenvalue weighted by atomic mass is 10.1. The van der Waals surface area contributed by atoms with Crippen LogP contribution in [-0.4, -0.2) is 41.5 Å². The summed E-state index contributed by atoms with van der Waals surface area (Å²) in [5.74, 6) is 1.47. The zero-order valence-corrected chi connectivity index (χ0v) is 12.6. The third kappa shape index (κ3) is 2.99. The number of nitrogens with one attached hydrogen (secondary N) is 2. The molecule has 1 unspecified atom stereocenters. The molecular weight excluding hydrogens is 264 g/mol. The number of hydrogen-bond acceptors (Lipinski definition) is 4. The van der Waals surface area contributed by atoms with Crippen molar-refractivity contribution in [1.29, 1.82) is 0 Å². The molecule has 2 N–H and O–H groups in total. The van der Waals surface area contributed by atoms with Gasteiger partial charge in [-0.2, -0.15) is 0 Å². The van der Waals surface area contributed by atoms with Crippen LogP contribution >= 0.6 is 0 Å². The van der Waals surface area contributed by atoms with E-state index in [-0.39, 0.29) is 5.56 Å². The lowest BCUT2D eigenvalue weighted by Gasteiger charge is -2.15. The van der Waals surface area contributed by atoms with E-state index in [9.17, 15) is 4.79 Å². The monoisotopic (exact) mass is 286 g/mol. The predicted octanol–water partition coefficient (Wildman–Crippen LogP) is 1.27. The van der Waals surface area contributed by atoms with Crippen molar-refractivity contribution in [2.24, 2.45) is 5.92 Å². The number of nitrogens with zero attached hydrogens (tertiary/aromatic N) is 2. The van der Waals surface area contributed by atoms with E-state index < -0.39 is 0 Å². The number of benzene rings is 1. The average molecular weight is 286 g/mol. The molecule has 1 saturated heterocycles. The number of fused-ring (bicyclic) bond motifs is 1. The third-order valence-corrected chi connectivity index (χ3v) is 4.22. The van der Waals surface area contributed by atoms with Crippen molar-refractivity contribution >= 4 is 10.9 Å². The van der Waals surface area contributed by atoms with Gasteiger partial charge in [0, 0.05) is 6.54 Å². The normalized spacial score (nSPS) is 19.4. The Balaban J connectivity index is 1.82. The van der Waals surface area contributed by atoms with Crippen LogP contribution in [0.25, 0.3) is 10.9 Å². The van der Waals surface area contributed by atoms with Crippen LogP contribution in [0.3, 0.4) is 0 Å². The molecule has 2 aromatic rings. The summed E-state index contributed by atoms with van der Waals surface area (Å²) in [7, 11) is 1.99. The molecule has 0 bridgehead atoms. The topological polar surface area (TPSA) is 61.0 Å². The Bertz CT molecular complexity index is 694. The summed E-state index contributed by atoms with van der Waals surface area (Å²) < 4.78 is 0. The summed E-state index contributed by atoms with van der Waals surface area (Å²) in [5.41, 5.74) is 1.83. The van der Waals surface area contributed by atoms with E-state index in [2.05, 4.69) is 20.2 Å². The van der Waals surface area contributed by atoms with Crippen LogP contribution in [0.2, 0.25) is 0 Å². The number of aromatic amines is 1. The van der Waals surface area contributed by atoms with E-state index in [1.807, 2.05) is 32.2 Å². The number of para-hydroxylation sites is 1. The molecular formula is C16H22N4O. The Hall–Kier alpha value is -1.72. The molecule has 1 aromatic heterocycles.